The fourth-order valence-corrected chi connectivity index (χ4v) is 2.85. The van der Waals surface area contributed by atoms with Crippen molar-refractivity contribution >= 4 is 5.91 Å². The fourth-order valence-electron chi connectivity index (χ4n) is 2.85. The lowest BCUT2D eigenvalue weighted by atomic mass is 9.75. The molecule has 0 radical (unpaired) electrons. The van der Waals surface area contributed by atoms with Crippen LogP contribution in [-0.2, 0) is 11.2 Å². The molecule has 4 heteroatoms. The smallest absolute Gasteiger partial charge is 0.225 e. The van der Waals surface area contributed by atoms with Crippen molar-refractivity contribution in [3.63, 3.8) is 0 Å². The van der Waals surface area contributed by atoms with E-state index in [1.54, 1.807) is 0 Å². The van der Waals surface area contributed by atoms with Gasteiger partial charge >= 0.3 is 0 Å². The first-order valence-corrected chi connectivity index (χ1v) is 7.23. The molecule has 0 aromatic heterocycles. The van der Waals surface area contributed by atoms with Gasteiger partial charge in [0, 0.05) is 18.0 Å². The standard InChI is InChI=1S/C16H21F2NO/c1-16(6-3-2-4-7-16)15(20)19-8-5-12-9-13(17)11-14(18)10-12/h9-11H,2-8H2,1H3,(H,19,20). The molecule has 2 rings (SSSR count). The normalized spacial score (nSPS) is 17.8. The van der Waals surface area contributed by atoms with Gasteiger partial charge in [-0.05, 0) is 37.0 Å². The molecule has 1 fully saturated rings. The maximum Gasteiger partial charge on any atom is 0.225 e. The van der Waals surface area contributed by atoms with Gasteiger partial charge in [0.1, 0.15) is 11.6 Å². The monoisotopic (exact) mass is 281 g/mol. The molecule has 2 nitrogen and oxygen atoms in total. The quantitative estimate of drug-likeness (QED) is 0.897. The second-order valence-electron chi connectivity index (χ2n) is 5.90. The van der Waals surface area contributed by atoms with E-state index in [2.05, 4.69) is 5.32 Å². The Balaban J connectivity index is 1.84. The number of benzene rings is 1. The third-order valence-corrected chi connectivity index (χ3v) is 4.13. The van der Waals surface area contributed by atoms with E-state index in [0.717, 1.165) is 31.7 Å². The summed E-state index contributed by atoms with van der Waals surface area (Å²) in [5, 5.41) is 2.90. The first kappa shape index (κ1) is 14.9. The van der Waals surface area contributed by atoms with Crippen LogP contribution in [0.1, 0.15) is 44.6 Å². The fraction of sp³-hybridized carbons (Fsp3) is 0.562. The molecule has 0 saturated heterocycles. The molecule has 1 aromatic carbocycles. The predicted octanol–water partition coefficient (Wildman–Crippen LogP) is 3.59. The van der Waals surface area contributed by atoms with E-state index in [0.29, 0.717) is 18.5 Å². The highest BCUT2D eigenvalue weighted by molar-refractivity contribution is 5.82. The lowest BCUT2D eigenvalue weighted by molar-refractivity contribution is -0.131. The van der Waals surface area contributed by atoms with Crippen molar-refractivity contribution in [2.45, 2.75) is 45.4 Å². The van der Waals surface area contributed by atoms with Crippen LogP contribution in [0, 0.1) is 17.0 Å². The molecule has 0 heterocycles. The van der Waals surface area contributed by atoms with Gasteiger partial charge < -0.3 is 5.32 Å². The topological polar surface area (TPSA) is 29.1 Å². The Labute approximate surface area is 118 Å². The minimum Gasteiger partial charge on any atom is -0.355 e. The van der Waals surface area contributed by atoms with Crippen LogP contribution in [0.3, 0.4) is 0 Å². The Kier molecular flexibility index (Phi) is 4.73. The lowest BCUT2D eigenvalue weighted by Crippen LogP contribution is -2.41. The number of halogens is 2. The zero-order valence-corrected chi connectivity index (χ0v) is 11.8. The van der Waals surface area contributed by atoms with Gasteiger partial charge in [0.25, 0.3) is 0 Å². The van der Waals surface area contributed by atoms with Crippen LogP contribution < -0.4 is 5.32 Å². The van der Waals surface area contributed by atoms with Gasteiger partial charge in [-0.2, -0.15) is 0 Å². The van der Waals surface area contributed by atoms with Crippen LogP contribution in [0.15, 0.2) is 18.2 Å². The molecule has 1 aliphatic carbocycles. The number of amides is 1. The number of nitrogens with one attached hydrogen (secondary N) is 1. The van der Waals surface area contributed by atoms with Crippen LogP contribution in [0.2, 0.25) is 0 Å². The van der Waals surface area contributed by atoms with Gasteiger partial charge in [0.2, 0.25) is 5.91 Å². The molecular weight excluding hydrogens is 260 g/mol. The highest BCUT2D eigenvalue weighted by Gasteiger charge is 2.33. The molecule has 1 N–H and O–H groups in total. The molecule has 1 aliphatic rings. The number of carbonyl (C=O) groups excluding carboxylic acids is 1. The van der Waals surface area contributed by atoms with Crippen LogP contribution in [0.4, 0.5) is 8.78 Å². The van der Waals surface area contributed by atoms with Crippen molar-refractivity contribution in [3.05, 3.63) is 35.4 Å². The second kappa shape index (κ2) is 6.33. The number of hydrogen-bond donors (Lipinski definition) is 1. The molecule has 0 spiro atoms. The van der Waals surface area contributed by atoms with Crippen LogP contribution in [0.25, 0.3) is 0 Å². The second-order valence-corrected chi connectivity index (χ2v) is 5.90. The van der Waals surface area contributed by atoms with E-state index >= 15 is 0 Å². The van der Waals surface area contributed by atoms with E-state index < -0.39 is 11.6 Å². The minimum absolute atomic E-state index is 0.0640. The number of hydrogen-bond acceptors (Lipinski definition) is 1. The van der Waals surface area contributed by atoms with Crippen molar-refractivity contribution in [1.29, 1.82) is 0 Å². The van der Waals surface area contributed by atoms with Crippen molar-refractivity contribution in [3.8, 4) is 0 Å². The van der Waals surface area contributed by atoms with Gasteiger partial charge in [-0.25, -0.2) is 8.78 Å². The van der Waals surface area contributed by atoms with Crippen molar-refractivity contribution in [1.82, 2.24) is 5.32 Å². The molecule has 0 bridgehead atoms. The highest BCUT2D eigenvalue weighted by atomic mass is 19.1. The van der Waals surface area contributed by atoms with E-state index in [1.165, 1.54) is 18.6 Å². The highest BCUT2D eigenvalue weighted by Crippen LogP contribution is 2.35. The first-order chi connectivity index (χ1) is 9.49. The molecule has 20 heavy (non-hydrogen) atoms. The minimum atomic E-state index is -0.578. The van der Waals surface area contributed by atoms with Crippen molar-refractivity contribution < 1.29 is 13.6 Å². The summed E-state index contributed by atoms with van der Waals surface area (Å²) >= 11 is 0. The SMILES string of the molecule is CC1(C(=O)NCCc2cc(F)cc(F)c2)CCCCC1. The average molecular weight is 281 g/mol. The Morgan fingerprint density at radius 3 is 2.35 bits per heavy atom. The van der Waals surface area contributed by atoms with Gasteiger partial charge in [0.15, 0.2) is 0 Å². The zero-order valence-electron chi connectivity index (χ0n) is 11.8. The van der Waals surface area contributed by atoms with Gasteiger partial charge in [-0.3, -0.25) is 4.79 Å². The van der Waals surface area contributed by atoms with Gasteiger partial charge in [-0.15, -0.1) is 0 Å². The maximum atomic E-state index is 13.0. The maximum absolute atomic E-state index is 13.0. The molecule has 1 amide bonds. The molecule has 110 valence electrons. The zero-order chi connectivity index (χ0) is 14.6. The van der Waals surface area contributed by atoms with Crippen LogP contribution in [0.5, 0.6) is 0 Å². The largest absolute Gasteiger partial charge is 0.355 e. The van der Waals surface area contributed by atoms with E-state index in [1.807, 2.05) is 6.92 Å². The summed E-state index contributed by atoms with van der Waals surface area (Å²) in [6, 6.07) is 3.46. The summed E-state index contributed by atoms with van der Waals surface area (Å²) in [5.74, 6) is -1.09. The predicted molar refractivity (Wildman–Crippen MR) is 74.3 cm³/mol. The molecule has 0 aliphatic heterocycles. The van der Waals surface area contributed by atoms with Crippen LogP contribution in [-0.4, -0.2) is 12.5 Å². The van der Waals surface area contributed by atoms with Gasteiger partial charge in [-0.1, -0.05) is 26.2 Å². The van der Waals surface area contributed by atoms with E-state index in [4.69, 9.17) is 0 Å². The number of carbonyl (C=O) groups is 1. The summed E-state index contributed by atoms with van der Waals surface area (Å²) in [7, 11) is 0. The molecule has 1 aromatic rings. The Morgan fingerprint density at radius 2 is 1.75 bits per heavy atom. The number of rotatable bonds is 4. The third-order valence-electron chi connectivity index (χ3n) is 4.13. The Hall–Kier alpha value is -1.45. The van der Waals surface area contributed by atoms with Crippen molar-refractivity contribution in [2.24, 2.45) is 5.41 Å². The van der Waals surface area contributed by atoms with E-state index in [9.17, 15) is 13.6 Å². The summed E-state index contributed by atoms with van der Waals surface area (Å²) in [6.45, 7) is 2.42. The third kappa shape index (κ3) is 3.78. The molecular formula is C16H21F2NO. The lowest BCUT2D eigenvalue weighted by Gasteiger charge is -2.32. The summed E-state index contributed by atoms with van der Waals surface area (Å²) in [5.41, 5.74) is 0.294. The van der Waals surface area contributed by atoms with Gasteiger partial charge in [0.05, 0.1) is 0 Å². The molecule has 0 unspecified atom stereocenters. The summed E-state index contributed by atoms with van der Waals surface area (Å²) in [4.78, 5) is 12.2. The average Bonchev–Trinajstić information content (AvgIpc) is 2.38. The Bertz CT molecular complexity index is 461. The van der Waals surface area contributed by atoms with Crippen LogP contribution >= 0.6 is 0 Å². The first-order valence-electron chi connectivity index (χ1n) is 7.23. The molecule has 0 atom stereocenters. The summed E-state index contributed by atoms with van der Waals surface area (Å²) in [6.07, 6.45) is 5.68. The Morgan fingerprint density at radius 1 is 1.15 bits per heavy atom. The van der Waals surface area contributed by atoms with E-state index in [-0.39, 0.29) is 11.3 Å². The molecule has 1 saturated carbocycles. The summed E-state index contributed by atoms with van der Waals surface area (Å²) < 4.78 is 26.1. The van der Waals surface area contributed by atoms with Crippen molar-refractivity contribution in [2.75, 3.05) is 6.54 Å².